The molecule has 0 spiro atoms. The normalized spacial score (nSPS) is 11.9. The first-order chi connectivity index (χ1) is 14.8. The smallest absolute Gasteiger partial charge is 0.257 e. The first kappa shape index (κ1) is 23.3. The van der Waals surface area contributed by atoms with Gasteiger partial charge in [-0.1, -0.05) is 44.1 Å². The van der Waals surface area contributed by atoms with Crippen molar-refractivity contribution in [2.24, 2.45) is 0 Å². The maximum absolute atomic E-state index is 13.4. The van der Waals surface area contributed by atoms with E-state index < -0.39 is 21.7 Å². The number of rotatable bonds is 10. The molecule has 0 aliphatic heterocycles. The molecule has 166 valence electrons. The number of carbonyl (C=O) groups is 1. The number of hydrogen-bond acceptors (Lipinski definition) is 5. The van der Waals surface area contributed by atoms with Crippen molar-refractivity contribution in [3.63, 3.8) is 0 Å². The minimum atomic E-state index is -3.62. The van der Waals surface area contributed by atoms with Gasteiger partial charge < -0.3 is 0 Å². The Bertz CT molecular complexity index is 1150. The maximum Gasteiger partial charge on any atom is 0.257 e. The van der Waals surface area contributed by atoms with Gasteiger partial charge in [-0.05, 0) is 49.2 Å². The first-order valence-electron chi connectivity index (χ1n) is 10.3. The van der Waals surface area contributed by atoms with E-state index in [0.29, 0.717) is 28.4 Å². The molecule has 0 radical (unpaired) electrons. The third kappa shape index (κ3) is 5.66. The van der Waals surface area contributed by atoms with Crippen molar-refractivity contribution >= 4 is 42.6 Å². The number of benzene rings is 2. The summed E-state index contributed by atoms with van der Waals surface area (Å²) >= 11 is 1.18. The molecule has 0 fully saturated rings. The van der Waals surface area contributed by atoms with Crippen LogP contribution in [-0.4, -0.2) is 36.7 Å². The third-order valence-corrected chi connectivity index (χ3v) is 7.66. The Morgan fingerprint density at radius 1 is 1.10 bits per heavy atom. The number of halogens is 1. The van der Waals surface area contributed by atoms with E-state index in [1.165, 1.54) is 29.5 Å². The summed E-state index contributed by atoms with van der Waals surface area (Å²) in [6.07, 6.45) is 3.45. The van der Waals surface area contributed by atoms with E-state index in [9.17, 15) is 17.6 Å². The van der Waals surface area contributed by atoms with Gasteiger partial charge in [0.15, 0.2) is 5.13 Å². The average molecular weight is 464 g/mol. The highest BCUT2D eigenvalue weighted by Gasteiger charge is 2.24. The number of hydrogen-bond donors (Lipinski definition) is 1. The highest BCUT2D eigenvalue weighted by atomic mass is 32.2. The van der Waals surface area contributed by atoms with E-state index in [0.717, 1.165) is 31.7 Å². The van der Waals surface area contributed by atoms with Crippen molar-refractivity contribution < 1.29 is 17.6 Å². The Balaban J connectivity index is 1.84. The SMILES string of the molecule is CCCCN(CCCC)S(=O)(=O)c1ccc2nc(NC(=O)c3cccc(F)c3)sc2c1. The molecule has 1 aromatic heterocycles. The molecule has 6 nitrogen and oxygen atoms in total. The number of fused-ring (bicyclic) bond motifs is 1. The van der Waals surface area contributed by atoms with Crippen LogP contribution in [0.25, 0.3) is 10.2 Å². The van der Waals surface area contributed by atoms with Crippen LogP contribution in [0.5, 0.6) is 0 Å². The summed E-state index contributed by atoms with van der Waals surface area (Å²) in [4.78, 5) is 16.9. The van der Waals surface area contributed by atoms with Crippen LogP contribution in [0, 0.1) is 5.82 Å². The zero-order chi connectivity index (χ0) is 22.4. The molecule has 0 saturated heterocycles. The second kappa shape index (κ2) is 10.3. The Hall–Kier alpha value is -2.36. The Labute approximate surface area is 186 Å². The van der Waals surface area contributed by atoms with Crippen LogP contribution in [0.3, 0.4) is 0 Å². The molecule has 2 aromatic carbocycles. The number of nitrogens with zero attached hydrogens (tertiary/aromatic N) is 2. The zero-order valence-electron chi connectivity index (χ0n) is 17.6. The minimum Gasteiger partial charge on any atom is -0.298 e. The van der Waals surface area contributed by atoms with Crippen molar-refractivity contribution in [1.29, 1.82) is 0 Å². The number of aromatic nitrogens is 1. The van der Waals surface area contributed by atoms with Gasteiger partial charge in [-0.2, -0.15) is 4.31 Å². The molecule has 1 N–H and O–H groups in total. The van der Waals surface area contributed by atoms with Gasteiger partial charge in [-0.15, -0.1) is 0 Å². The van der Waals surface area contributed by atoms with Gasteiger partial charge >= 0.3 is 0 Å². The minimum absolute atomic E-state index is 0.185. The summed E-state index contributed by atoms with van der Waals surface area (Å²) in [5, 5.41) is 2.98. The predicted octanol–water partition coefficient (Wildman–Crippen LogP) is 5.28. The Kier molecular flexibility index (Phi) is 7.74. The predicted molar refractivity (Wildman–Crippen MR) is 123 cm³/mol. The van der Waals surface area contributed by atoms with E-state index in [1.807, 2.05) is 13.8 Å². The molecule has 1 heterocycles. The fraction of sp³-hybridized carbons (Fsp3) is 0.364. The molecule has 3 rings (SSSR count). The molecule has 0 saturated carbocycles. The molecular formula is C22H26FN3O3S2. The second-order valence-electron chi connectivity index (χ2n) is 7.22. The number of anilines is 1. The van der Waals surface area contributed by atoms with Gasteiger partial charge in [-0.25, -0.2) is 17.8 Å². The number of thiazole rings is 1. The fourth-order valence-corrected chi connectivity index (χ4v) is 5.61. The number of nitrogens with one attached hydrogen (secondary N) is 1. The molecule has 0 bridgehead atoms. The summed E-state index contributed by atoms with van der Waals surface area (Å²) in [5.41, 5.74) is 0.775. The van der Waals surface area contributed by atoms with Crippen molar-refractivity contribution in [2.45, 2.75) is 44.4 Å². The maximum atomic E-state index is 13.4. The van der Waals surface area contributed by atoms with Crippen molar-refractivity contribution in [2.75, 3.05) is 18.4 Å². The van der Waals surface area contributed by atoms with Gasteiger partial charge in [-0.3, -0.25) is 10.1 Å². The van der Waals surface area contributed by atoms with Crippen LogP contribution in [-0.2, 0) is 10.0 Å². The molecule has 0 aliphatic rings. The number of amides is 1. The van der Waals surface area contributed by atoms with E-state index in [2.05, 4.69) is 10.3 Å². The van der Waals surface area contributed by atoms with Crippen molar-refractivity contribution in [1.82, 2.24) is 9.29 Å². The summed E-state index contributed by atoms with van der Waals surface area (Å²) in [7, 11) is -3.62. The number of sulfonamides is 1. The molecular weight excluding hydrogens is 437 g/mol. The molecule has 9 heteroatoms. The molecule has 0 aliphatic carbocycles. The number of carbonyl (C=O) groups excluding carboxylic acids is 1. The fourth-order valence-electron chi connectivity index (χ4n) is 3.09. The van der Waals surface area contributed by atoms with Crippen LogP contribution < -0.4 is 5.32 Å². The van der Waals surface area contributed by atoms with Gasteiger partial charge in [0, 0.05) is 18.7 Å². The third-order valence-electron chi connectivity index (χ3n) is 4.83. The molecule has 0 unspecified atom stereocenters. The lowest BCUT2D eigenvalue weighted by Crippen LogP contribution is -2.33. The highest BCUT2D eigenvalue weighted by molar-refractivity contribution is 7.89. The average Bonchev–Trinajstić information content (AvgIpc) is 3.15. The lowest BCUT2D eigenvalue weighted by atomic mass is 10.2. The molecule has 0 atom stereocenters. The van der Waals surface area contributed by atoms with E-state index in [-0.39, 0.29) is 10.5 Å². The first-order valence-corrected chi connectivity index (χ1v) is 12.6. The molecule has 3 aromatic rings. The van der Waals surface area contributed by atoms with Crippen LogP contribution >= 0.6 is 11.3 Å². The lowest BCUT2D eigenvalue weighted by molar-refractivity contribution is 0.102. The van der Waals surface area contributed by atoms with Crippen LogP contribution in [0.15, 0.2) is 47.4 Å². The van der Waals surface area contributed by atoms with Crippen LogP contribution in [0.1, 0.15) is 49.9 Å². The Morgan fingerprint density at radius 2 is 1.81 bits per heavy atom. The van der Waals surface area contributed by atoms with Gasteiger partial charge in [0.2, 0.25) is 10.0 Å². The van der Waals surface area contributed by atoms with E-state index in [1.54, 1.807) is 22.5 Å². The van der Waals surface area contributed by atoms with Gasteiger partial charge in [0.1, 0.15) is 5.82 Å². The van der Waals surface area contributed by atoms with Gasteiger partial charge in [0.05, 0.1) is 15.1 Å². The summed E-state index contributed by atoms with van der Waals surface area (Å²) < 4.78 is 41.9. The highest BCUT2D eigenvalue weighted by Crippen LogP contribution is 2.30. The lowest BCUT2D eigenvalue weighted by Gasteiger charge is -2.21. The summed E-state index contributed by atoms with van der Waals surface area (Å²) in [5.74, 6) is -0.973. The topological polar surface area (TPSA) is 79.4 Å². The standard InChI is InChI=1S/C22H26FN3O3S2/c1-3-5-12-26(13-6-4-2)31(28,29)18-10-11-19-20(15-18)30-22(24-19)25-21(27)16-8-7-9-17(23)14-16/h7-11,14-15H,3-6,12-13H2,1-2H3,(H,24,25,27). The molecule has 31 heavy (non-hydrogen) atoms. The Morgan fingerprint density at radius 3 is 2.45 bits per heavy atom. The summed E-state index contributed by atoms with van der Waals surface area (Å²) in [6.45, 7) is 5.06. The molecule has 1 amide bonds. The number of unbranched alkanes of at least 4 members (excludes halogenated alkanes) is 2. The van der Waals surface area contributed by atoms with E-state index >= 15 is 0 Å². The van der Waals surface area contributed by atoms with E-state index in [4.69, 9.17) is 0 Å². The van der Waals surface area contributed by atoms with Crippen molar-refractivity contribution in [3.05, 3.63) is 53.8 Å². The largest absolute Gasteiger partial charge is 0.298 e. The van der Waals surface area contributed by atoms with Crippen LogP contribution in [0.4, 0.5) is 9.52 Å². The van der Waals surface area contributed by atoms with Crippen molar-refractivity contribution in [3.8, 4) is 0 Å². The zero-order valence-corrected chi connectivity index (χ0v) is 19.2. The quantitative estimate of drug-likeness (QED) is 0.444. The monoisotopic (exact) mass is 463 g/mol. The van der Waals surface area contributed by atoms with Gasteiger partial charge in [0.25, 0.3) is 5.91 Å². The second-order valence-corrected chi connectivity index (χ2v) is 10.2. The van der Waals surface area contributed by atoms with Crippen LogP contribution in [0.2, 0.25) is 0 Å². The summed E-state index contributed by atoms with van der Waals surface area (Å²) in [6, 6.07) is 10.2.